The molecule has 0 aromatic heterocycles. The fraction of sp³-hybridized carbons (Fsp3) is 0.909. The molecule has 1 atom stereocenters. The second-order valence-corrected chi connectivity index (χ2v) is 5.05. The molecule has 1 unspecified atom stereocenters. The van der Waals surface area contributed by atoms with Crippen LogP contribution >= 0.6 is 0 Å². The average molecular weight is 268 g/mol. The van der Waals surface area contributed by atoms with Crippen molar-refractivity contribution in [2.75, 3.05) is 13.1 Å². The summed E-state index contributed by atoms with van der Waals surface area (Å²) < 4.78 is 31.7. The number of nitrogens with zero attached hydrogens (tertiary/aromatic N) is 1. The van der Waals surface area contributed by atoms with E-state index in [1.54, 1.807) is 0 Å². The van der Waals surface area contributed by atoms with Crippen molar-refractivity contribution in [2.24, 2.45) is 5.73 Å². The van der Waals surface area contributed by atoms with Crippen LogP contribution in [-0.2, 0) is 4.79 Å². The van der Waals surface area contributed by atoms with Gasteiger partial charge in [-0.3, -0.25) is 4.90 Å². The van der Waals surface area contributed by atoms with E-state index in [0.29, 0.717) is 11.6 Å². The molecule has 2 fully saturated rings. The van der Waals surface area contributed by atoms with Crippen molar-refractivity contribution in [3.05, 3.63) is 0 Å². The Bertz CT molecular complexity index is 296. The molecule has 0 aromatic carbocycles. The van der Waals surface area contributed by atoms with Crippen LogP contribution in [0, 0.1) is 0 Å². The van der Waals surface area contributed by atoms with Crippen LogP contribution in [0.25, 0.3) is 0 Å². The average Bonchev–Trinajstić information content (AvgIpc) is 2.09. The molecule has 106 valence electrons. The van der Waals surface area contributed by atoms with Gasteiger partial charge in [0.2, 0.25) is 0 Å². The van der Waals surface area contributed by atoms with Crippen LogP contribution in [0.3, 0.4) is 0 Å². The summed E-state index contributed by atoms with van der Waals surface area (Å²) in [6, 6.07) is 0.354. The van der Waals surface area contributed by atoms with Crippen LogP contribution in [0.1, 0.15) is 32.6 Å². The molecule has 7 heteroatoms. The molecule has 1 spiro atoms. The van der Waals surface area contributed by atoms with Crippen molar-refractivity contribution in [2.45, 2.75) is 50.4 Å². The number of aliphatic carboxylic acids is 1. The molecule has 1 saturated carbocycles. The van der Waals surface area contributed by atoms with Crippen LogP contribution in [0.15, 0.2) is 0 Å². The van der Waals surface area contributed by atoms with Crippen LogP contribution in [0.2, 0.25) is 0 Å². The van der Waals surface area contributed by atoms with Crippen molar-refractivity contribution in [1.29, 1.82) is 0 Å². The highest BCUT2D eigenvalue weighted by Gasteiger charge is 2.48. The summed E-state index contributed by atoms with van der Waals surface area (Å²) in [5.74, 6) is -2.76. The van der Waals surface area contributed by atoms with Gasteiger partial charge in [0.1, 0.15) is 0 Å². The van der Waals surface area contributed by atoms with Crippen molar-refractivity contribution >= 4 is 5.97 Å². The first kappa shape index (κ1) is 15.2. The number of carboxylic acids is 1. The highest BCUT2D eigenvalue weighted by atomic mass is 19.4. The zero-order valence-electron chi connectivity index (χ0n) is 10.3. The molecule has 1 aliphatic heterocycles. The Hall–Kier alpha value is -0.820. The highest BCUT2D eigenvalue weighted by molar-refractivity contribution is 5.73. The number of alkyl halides is 3. The highest BCUT2D eigenvalue weighted by Crippen LogP contribution is 2.46. The fourth-order valence-corrected chi connectivity index (χ4v) is 2.37. The lowest BCUT2D eigenvalue weighted by molar-refractivity contribution is -0.192. The van der Waals surface area contributed by atoms with Gasteiger partial charge >= 0.3 is 12.1 Å². The van der Waals surface area contributed by atoms with Crippen molar-refractivity contribution < 1.29 is 23.1 Å². The van der Waals surface area contributed by atoms with Crippen LogP contribution in [0.4, 0.5) is 13.2 Å². The second kappa shape index (κ2) is 5.44. The van der Waals surface area contributed by atoms with Gasteiger partial charge in [-0.15, -0.1) is 0 Å². The third kappa shape index (κ3) is 3.58. The van der Waals surface area contributed by atoms with E-state index in [1.807, 2.05) is 0 Å². The van der Waals surface area contributed by atoms with Crippen LogP contribution < -0.4 is 5.73 Å². The summed E-state index contributed by atoms with van der Waals surface area (Å²) in [4.78, 5) is 11.5. The predicted octanol–water partition coefficient (Wildman–Crippen LogP) is 1.60. The smallest absolute Gasteiger partial charge is 0.475 e. The molecule has 1 heterocycles. The number of carbonyl (C=O) groups is 1. The SMILES string of the molecule is CC(N)CN1CCC12CCC2.O=C(O)C(F)(F)F. The molecule has 2 aliphatic rings. The monoisotopic (exact) mass is 268 g/mol. The number of carboxylic acid groups (broad SMARTS) is 1. The van der Waals surface area contributed by atoms with E-state index >= 15 is 0 Å². The van der Waals surface area contributed by atoms with Crippen molar-refractivity contribution in [3.63, 3.8) is 0 Å². The molecular weight excluding hydrogens is 249 g/mol. The molecule has 4 nitrogen and oxygen atoms in total. The Morgan fingerprint density at radius 2 is 1.94 bits per heavy atom. The summed E-state index contributed by atoms with van der Waals surface area (Å²) in [7, 11) is 0. The van der Waals surface area contributed by atoms with E-state index in [4.69, 9.17) is 15.6 Å². The molecule has 3 N–H and O–H groups in total. The molecule has 1 saturated heterocycles. The number of rotatable bonds is 2. The van der Waals surface area contributed by atoms with E-state index < -0.39 is 12.1 Å². The molecule has 0 radical (unpaired) electrons. The Kier molecular flexibility index (Phi) is 4.61. The fourth-order valence-electron chi connectivity index (χ4n) is 2.37. The Morgan fingerprint density at radius 3 is 2.11 bits per heavy atom. The molecule has 0 amide bonds. The minimum Gasteiger partial charge on any atom is -0.475 e. The minimum absolute atomic E-state index is 0.354. The van der Waals surface area contributed by atoms with Gasteiger partial charge < -0.3 is 10.8 Å². The number of halogens is 3. The second-order valence-electron chi connectivity index (χ2n) is 5.05. The van der Waals surface area contributed by atoms with Gasteiger partial charge in [-0.2, -0.15) is 13.2 Å². The zero-order chi connectivity index (χ0) is 14.0. The predicted molar refractivity (Wildman–Crippen MR) is 60.1 cm³/mol. The van der Waals surface area contributed by atoms with E-state index in [-0.39, 0.29) is 0 Å². The van der Waals surface area contributed by atoms with Gasteiger partial charge in [0.05, 0.1) is 0 Å². The van der Waals surface area contributed by atoms with Gasteiger partial charge in [0.25, 0.3) is 0 Å². The first-order chi connectivity index (χ1) is 8.17. The minimum atomic E-state index is -5.08. The maximum absolute atomic E-state index is 10.6. The summed E-state index contributed by atoms with van der Waals surface area (Å²) >= 11 is 0. The number of likely N-dealkylation sites (tertiary alicyclic amines) is 1. The molecule has 1 aliphatic carbocycles. The standard InChI is InChI=1S/C9H18N2.C2HF3O2/c1-8(10)7-11-6-5-9(11)3-2-4-9;3-2(4,5)1(6)7/h8H,2-7,10H2,1H3;(H,6,7). The lowest BCUT2D eigenvalue weighted by Crippen LogP contribution is -2.65. The molecule has 0 bridgehead atoms. The number of hydrogen-bond acceptors (Lipinski definition) is 3. The largest absolute Gasteiger partial charge is 0.490 e. The summed E-state index contributed by atoms with van der Waals surface area (Å²) in [5, 5.41) is 7.12. The van der Waals surface area contributed by atoms with Crippen LogP contribution in [0.5, 0.6) is 0 Å². The first-order valence-corrected chi connectivity index (χ1v) is 5.98. The molecule has 18 heavy (non-hydrogen) atoms. The van der Waals surface area contributed by atoms with E-state index in [9.17, 15) is 13.2 Å². The number of nitrogens with two attached hydrogens (primary N) is 1. The Balaban J connectivity index is 0.000000203. The molecule has 2 rings (SSSR count). The molecular formula is C11H19F3N2O2. The van der Waals surface area contributed by atoms with Gasteiger partial charge in [0, 0.05) is 24.7 Å². The van der Waals surface area contributed by atoms with Crippen LogP contribution in [-0.4, -0.2) is 46.8 Å². The summed E-state index contributed by atoms with van der Waals surface area (Å²) in [6.07, 6.45) is 0.647. The topological polar surface area (TPSA) is 66.6 Å². The third-order valence-corrected chi connectivity index (χ3v) is 3.55. The normalized spacial score (nSPS) is 23.4. The summed E-state index contributed by atoms with van der Waals surface area (Å²) in [5.41, 5.74) is 6.41. The van der Waals surface area contributed by atoms with Crippen molar-refractivity contribution in [3.8, 4) is 0 Å². The quantitative estimate of drug-likeness (QED) is 0.798. The van der Waals surface area contributed by atoms with E-state index in [2.05, 4.69) is 11.8 Å². The lowest BCUT2D eigenvalue weighted by atomic mass is 9.68. The Labute approximate surface area is 104 Å². The maximum atomic E-state index is 10.6. The first-order valence-electron chi connectivity index (χ1n) is 5.98. The maximum Gasteiger partial charge on any atom is 0.490 e. The van der Waals surface area contributed by atoms with E-state index in [1.165, 1.54) is 32.2 Å². The number of hydrogen-bond donors (Lipinski definition) is 2. The van der Waals surface area contributed by atoms with E-state index in [0.717, 1.165) is 6.54 Å². The van der Waals surface area contributed by atoms with Crippen molar-refractivity contribution in [1.82, 2.24) is 4.90 Å². The molecule has 0 aromatic rings. The lowest BCUT2D eigenvalue weighted by Gasteiger charge is -2.59. The van der Waals surface area contributed by atoms with Gasteiger partial charge in [0.15, 0.2) is 0 Å². The van der Waals surface area contributed by atoms with Gasteiger partial charge in [-0.25, -0.2) is 4.79 Å². The van der Waals surface area contributed by atoms with Gasteiger partial charge in [-0.05, 0) is 32.6 Å². The third-order valence-electron chi connectivity index (χ3n) is 3.55. The zero-order valence-corrected chi connectivity index (χ0v) is 10.3. The Morgan fingerprint density at radius 1 is 1.44 bits per heavy atom. The van der Waals surface area contributed by atoms with Gasteiger partial charge in [-0.1, -0.05) is 0 Å². The summed E-state index contributed by atoms with van der Waals surface area (Å²) in [6.45, 7) is 4.51.